The fourth-order valence-electron chi connectivity index (χ4n) is 6.68. The number of rotatable bonds is 10. The van der Waals surface area contributed by atoms with Crippen LogP contribution in [0.15, 0.2) is 78.9 Å². The van der Waals surface area contributed by atoms with Crippen LogP contribution < -0.4 is 0 Å². The van der Waals surface area contributed by atoms with E-state index in [1.807, 2.05) is 12.1 Å². The number of piperidine rings is 1. The topological polar surface area (TPSA) is 9.72 Å². The van der Waals surface area contributed by atoms with Crippen LogP contribution >= 0.6 is 37.2 Å². The van der Waals surface area contributed by atoms with Gasteiger partial charge in [-0.05, 0) is 105 Å². The number of benzene rings is 3. The van der Waals surface area contributed by atoms with E-state index >= 15 is 0 Å². The molecule has 3 nitrogen and oxygen atoms in total. The predicted molar refractivity (Wildman–Crippen MR) is 183 cm³/mol. The number of halogens is 4. The van der Waals surface area contributed by atoms with Crippen LogP contribution in [-0.2, 0) is 6.42 Å². The lowest BCUT2D eigenvalue weighted by atomic mass is 9.79. The highest BCUT2D eigenvalue weighted by atomic mass is 35.5. The number of likely N-dealkylation sites (tertiary alicyclic amines) is 1. The van der Waals surface area contributed by atoms with Gasteiger partial charge in [0.25, 0.3) is 0 Å². The molecule has 2 saturated heterocycles. The van der Waals surface area contributed by atoms with E-state index in [9.17, 15) is 4.39 Å². The van der Waals surface area contributed by atoms with Gasteiger partial charge in [0.05, 0.1) is 0 Å². The van der Waals surface area contributed by atoms with Gasteiger partial charge in [-0.2, -0.15) is 0 Å². The van der Waals surface area contributed by atoms with Gasteiger partial charge in [0.2, 0.25) is 0 Å². The summed E-state index contributed by atoms with van der Waals surface area (Å²) in [4.78, 5) is 7.93. The maximum atomic E-state index is 13.7. The highest BCUT2D eigenvalue weighted by molar-refractivity contribution is 5.86. The normalized spacial score (nSPS) is 17.6. The molecule has 232 valence electrons. The maximum absolute atomic E-state index is 13.7. The Morgan fingerprint density at radius 1 is 0.714 bits per heavy atom. The molecule has 0 N–H and O–H groups in total. The molecule has 0 aliphatic carbocycles. The van der Waals surface area contributed by atoms with E-state index in [-0.39, 0.29) is 43.0 Å². The first kappa shape index (κ1) is 36.5. The number of piperazine rings is 1. The zero-order valence-electron chi connectivity index (χ0n) is 25.2. The van der Waals surface area contributed by atoms with Crippen LogP contribution in [0.1, 0.15) is 50.2 Å². The molecule has 7 heteroatoms. The monoisotopic (exact) mass is 635 g/mol. The fraction of sp³-hybridized carbons (Fsp3) is 0.486. The van der Waals surface area contributed by atoms with Crippen LogP contribution in [0.4, 0.5) is 4.39 Å². The summed E-state index contributed by atoms with van der Waals surface area (Å²) in [6.45, 7) is 13.8. The predicted octanol–water partition coefficient (Wildman–Crippen LogP) is 8.21. The van der Waals surface area contributed by atoms with Crippen LogP contribution in [0.2, 0.25) is 0 Å². The van der Waals surface area contributed by atoms with Crippen molar-refractivity contribution in [3.8, 4) is 11.1 Å². The second-order valence-electron chi connectivity index (χ2n) is 11.9. The third-order valence-corrected chi connectivity index (χ3v) is 9.11. The largest absolute Gasteiger partial charge is 0.301 e. The Labute approximate surface area is 272 Å². The molecule has 0 bridgehead atoms. The number of nitrogens with zero attached hydrogens (tertiary/aromatic N) is 3. The first-order valence-corrected chi connectivity index (χ1v) is 15.1. The fourth-order valence-corrected chi connectivity index (χ4v) is 6.68. The molecule has 5 rings (SSSR count). The molecule has 0 amide bonds. The molecule has 0 aromatic heterocycles. The van der Waals surface area contributed by atoms with Gasteiger partial charge in [-0.3, -0.25) is 0 Å². The summed E-state index contributed by atoms with van der Waals surface area (Å²) in [6.07, 6.45) is 4.79. The van der Waals surface area contributed by atoms with Crippen molar-refractivity contribution in [1.82, 2.24) is 14.7 Å². The van der Waals surface area contributed by atoms with Crippen molar-refractivity contribution in [3.05, 3.63) is 95.8 Å². The lowest BCUT2D eigenvalue weighted by molar-refractivity contribution is 0.0968. The molecule has 0 saturated carbocycles. The van der Waals surface area contributed by atoms with Gasteiger partial charge in [-0.15, -0.1) is 37.2 Å². The summed E-state index contributed by atoms with van der Waals surface area (Å²) in [5.41, 5.74) is 5.45. The summed E-state index contributed by atoms with van der Waals surface area (Å²) in [5, 5.41) is 0. The maximum Gasteiger partial charge on any atom is 0.123 e. The molecule has 3 aromatic carbocycles. The molecule has 2 aliphatic heterocycles. The van der Waals surface area contributed by atoms with E-state index in [4.69, 9.17) is 0 Å². The summed E-state index contributed by atoms with van der Waals surface area (Å²) >= 11 is 0. The van der Waals surface area contributed by atoms with Crippen LogP contribution in [0.25, 0.3) is 11.1 Å². The Balaban J connectivity index is 0.00000205. The molecule has 3 aromatic rings. The molecule has 2 aliphatic rings. The van der Waals surface area contributed by atoms with E-state index in [1.165, 1.54) is 54.6 Å². The number of hydrogen-bond donors (Lipinski definition) is 0. The van der Waals surface area contributed by atoms with Crippen molar-refractivity contribution < 1.29 is 4.39 Å². The van der Waals surface area contributed by atoms with Crippen molar-refractivity contribution in [3.63, 3.8) is 0 Å². The zero-order valence-corrected chi connectivity index (χ0v) is 27.6. The molecule has 1 atom stereocenters. The van der Waals surface area contributed by atoms with Gasteiger partial charge in [0.15, 0.2) is 0 Å². The van der Waals surface area contributed by atoms with Gasteiger partial charge >= 0.3 is 0 Å². The van der Waals surface area contributed by atoms with Crippen molar-refractivity contribution >= 4 is 37.2 Å². The average Bonchev–Trinajstić information content (AvgIpc) is 2.98. The number of aryl methyl sites for hydroxylation is 1. The summed E-state index contributed by atoms with van der Waals surface area (Å²) in [7, 11) is 0. The third-order valence-electron chi connectivity index (χ3n) is 9.11. The van der Waals surface area contributed by atoms with E-state index in [2.05, 4.69) is 83.1 Å². The minimum Gasteiger partial charge on any atom is -0.301 e. The highest BCUT2D eigenvalue weighted by Gasteiger charge is 2.30. The quantitative estimate of drug-likeness (QED) is 0.222. The van der Waals surface area contributed by atoms with Crippen LogP contribution in [0.3, 0.4) is 0 Å². The van der Waals surface area contributed by atoms with Crippen LogP contribution in [0.5, 0.6) is 0 Å². The summed E-state index contributed by atoms with van der Waals surface area (Å²) in [6, 6.07) is 27.6. The van der Waals surface area contributed by atoms with E-state index in [1.54, 1.807) is 12.1 Å². The van der Waals surface area contributed by atoms with Crippen LogP contribution in [0, 0.1) is 11.7 Å². The van der Waals surface area contributed by atoms with Gasteiger partial charge < -0.3 is 14.7 Å². The minimum absolute atomic E-state index is 0. The first-order chi connectivity index (χ1) is 19.1. The Morgan fingerprint density at radius 3 is 1.95 bits per heavy atom. The van der Waals surface area contributed by atoms with Crippen molar-refractivity contribution in [1.29, 1.82) is 0 Å². The summed E-state index contributed by atoms with van der Waals surface area (Å²) < 4.78 is 13.7. The Morgan fingerprint density at radius 2 is 1.31 bits per heavy atom. The second kappa shape index (κ2) is 18.2. The Kier molecular flexibility index (Phi) is 15.8. The van der Waals surface area contributed by atoms with Gasteiger partial charge in [0.1, 0.15) is 5.82 Å². The van der Waals surface area contributed by atoms with Gasteiger partial charge in [0, 0.05) is 38.8 Å². The smallest absolute Gasteiger partial charge is 0.123 e. The molecular weight excluding hydrogens is 588 g/mol. The Bertz CT molecular complexity index is 1150. The van der Waals surface area contributed by atoms with Gasteiger partial charge in [-0.1, -0.05) is 66.7 Å². The highest BCUT2D eigenvalue weighted by Crippen LogP contribution is 2.34. The molecule has 0 spiro atoms. The van der Waals surface area contributed by atoms with E-state index < -0.39 is 0 Å². The SMILES string of the molecule is CC(C)N1CCC(C(CN2CCN(CCCc3ccccc3-c3ccccc3)CC2)c2ccc(F)cc2)CC1.Cl.Cl.Cl. The molecule has 2 fully saturated rings. The molecule has 1 unspecified atom stereocenters. The standard InChI is InChI=1S/C35H46FN3.3ClH/c1-28(2)39-21-18-32(19-22-39)35(31-14-16-33(36)17-15-31)27-38-25-23-37(24-26-38)20-8-12-30-11-6-7-13-34(30)29-9-4-3-5-10-29;;;/h3-7,9-11,13-17,28,32,35H,8,12,18-27H2,1-2H3;3*1H. The average molecular weight is 637 g/mol. The molecule has 0 radical (unpaired) electrons. The zero-order chi connectivity index (χ0) is 27.0. The lowest BCUT2D eigenvalue weighted by Crippen LogP contribution is -2.49. The minimum atomic E-state index is -0.132. The molecular formula is C35H49Cl3FN3. The van der Waals surface area contributed by atoms with E-state index in [0.29, 0.717) is 17.9 Å². The third kappa shape index (κ3) is 9.94. The second-order valence-corrected chi connectivity index (χ2v) is 11.9. The van der Waals surface area contributed by atoms with E-state index in [0.717, 1.165) is 45.7 Å². The molecule has 42 heavy (non-hydrogen) atoms. The first-order valence-electron chi connectivity index (χ1n) is 15.1. The van der Waals surface area contributed by atoms with Crippen molar-refractivity contribution in [2.24, 2.45) is 5.92 Å². The Hall–Kier alpha value is -1.66. The molecule has 2 heterocycles. The van der Waals surface area contributed by atoms with Gasteiger partial charge in [-0.25, -0.2) is 4.39 Å². The number of hydrogen-bond acceptors (Lipinski definition) is 3. The lowest BCUT2D eigenvalue weighted by Gasteiger charge is -2.41. The van der Waals surface area contributed by atoms with Crippen molar-refractivity contribution in [2.75, 3.05) is 52.4 Å². The van der Waals surface area contributed by atoms with Crippen LogP contribution in [-0.4, -0.2) is 73.1 Å². The summed E-state index contributed by atoms with van der Waals surface area (Å²) in [5.74, 6) is 1.03. The van der Waals surface area contributed by atoms with Crippen molar-refractivity contribution in [2.45, 2.75) is 51.5 Å².